The first-order valence-corrected chi connectivity index (χ1v) is 7.98. The molecule has 0 saturated carbocycles. The Balaban J connectivity index is 2.24. The molecule has 0 aliphatic carbocycles. The molecule has 0 spiro atoms. The molecule has 0 amide bonds. The van der Waals surface area contributed by atoms with E-state index in [-0.39, 0.29) is 0 Å². The van der Waals surface area contributed by atoms with Crippen molar-refractivity contribution >= 4 is 23.8 Å². The second-order valence-corrected chi connectivity index (χ2v) is 6.96. The Morgan fingerprint density at radius 2 is 0.737 bits per heavy atom. The normalized spacial score (nSPS) is 12.7. The zero-order valence-corrected chi connectivity index (χ0v) is 11.7. The predicted molar refractivity (Wildman–Crippen MR) is 87.9 cm³/mol. The van der Waals surface area contributed by atoms with Gasteiger partial charge in [-0.3, -0.25) is 0 Å². The van der Waals surface area contributed by atoms with Crippen LogP contribution in [-0.2, 0) is 0 Å². The molecule has 0 nitrogen and oxygen atoms in total. The molecular formula is C18H17P. The summed E-state index contributed by atoms with van der Waals surface area (Å²) in [6.45, 7) is 0. The molecule has 1 heteroatoms. The third-order valence-electron chi connectivity index (χ3n) is 3.19. The monoisotopic (exact) mass is 265 g/mol. The van der Waals surface area contributed by atoms with Gasteiger partial charge in [0, 0.05) is 0 Å². The van der Waals surface area contributed by atoms with E-state index in [0.29, 0.717) is 0 Å². The van der Waals surface area contributed by atoms with Gasteiger partial charge in [0.15, 0.2) is 0 Å². The molecule has 0 bridgehead atoms. The minimum atomic E-state index is -2.63. The van der Waals surface area contributed by atoms with Crippen molar-refractivity contribution in [3.8, 4) is 0 Å². The SMILES string of the molecule is [2H][PH](c1ccccc1)(c1ccccc1)c1ccccc1. The Morgan fingerprint density at radius 3 is 1.00 bits per heavy atom. The van der Waals surface area contributed by atoms with Gasteiger partial charge in [-0.15, -0.1) is 0 Å². The van der Waals surface area contributed by atoms with Crippen LogP contribution in [-0.4, -0.2) is 1.28 Å². The average Bonchev–Trinajstić information content (AvgIpc) is 2.56. The predicted octanol–water partition coefficient (Wildman–Crippen LogP) is 2.91. The third-order valence-corrected chi connectivity index (χ3v) is 5.92. The van der Waals surface area contributed by atoms with E-state index in [4.69, 9.17) is 0 Å². The van der Waals surface area contributed by atoms with Crippen molar-refractivity contribution < 1.29 is 0 Å². The van der Waals surface area contributed by atoms with E-state index < -0.39 is 7.87 Å². The zero-order chi connectivity index (χ0) is 13.8. The Labute approximate surface area is 116 Å². The first-order chi connectivity index (χ1) is 9.82. The summed E-state index contributed by atoms with van der Waals surface area (Å²) in [5, 5.41) is 3.37. The van der Waals surface area contributed by atoms with Gasteiger partial charge in [0.25, 0.3) is 0 Å². The van der Waals surface area contributed by atoms with Crippen molar-refractivity contribution in [2.24, 2.45) is 0 Å². The van der Waals surface area contributed by atoms with Crippen LogP contribution >= 0.6 is 7.87 Å². The van der Waals surface area contributed by atoms with Gasteiger partial charge in [0.05, 0.1) is 0 Å². The molecule has 0 atom stereocenters. The van der Waals surface area contributed by atoms with Crippen LogP contribution in [0, 0.1) is 0 Å². The molecule has 3 aromatic rings. The van der Waals surface area contributed by atoms with Crippen molar-refractivity contribution in [1.29, 1.82) is 1.28 Å². The number of hydrogen-bond donors (Lipinski definition) is 0. The Kier molecular flexibility index (Phi) is 3.36. The molecule has 3 aromatic carbocycles. The van der Waals surface area contributed by atoms with Crippen LogP contribution in [0.15, 0.2) is 91.0 Å². The Morgan fingerprint density at radius 1 is 0.474 bits per heavy atom. The van der Waals surface area contributed by atoms with Gasteiger partial charge in [-0.05, 0) is 0 Å². The summed E-state index contributed by atoms with van der Waals surface area (Å²) in [4.78, 5) is 0. The minimum absolute atomic E-state index is 1.12. The van der Waals surface area contributed by atoms with Gasteiger partial charge >= 0.3 is 116 Å². The molecule has 0 aliphatic heterocycles. The summed E-state index contributed by atoms with van der Waals surface area (Å²) in [7, 11) is -2.63. The Hall–Kier alpha value is -1.91. The number of hydrogen-bond acceptors (Lipinski definition) is 0. The molecule has 0 N–H and O–H groups in total. The fourth-order valence-electron chi connectivity index (χ4n) is 2.31. The van der Waals surface area contributed by atoms with Crippen molar-refractivity contribution in [3.63, 3.8) is 0 Å². The number of rotatable bonds is 3. The van der Waals surface area contributed by atoms with E-state index in [2.05, 4.69) is 36.4 Å². The van der Waals surface area contributed by atoms with Crippen LogP contribution in [0.1, 0.15) is 0 Å². The van der Waals surface area contributed by atoms with E-state index in [1.54, 1.807) is 0 Å². The van der Waals surface area contributed by atoms with Gasteiger partial charge in [-0.25, -0.2) is 0 Å². The molecule has 94 valence electrons. The van der Waals surface area contributed by atoms with E-state index in [9.17, 15) is 1.28 Å². The summed E-state index contributed by atoms with van der Waals surface area (Å²) < 4.78 is 9.28. The van der Waals surface area contributed by atoms with E-state index in [1.807, 2.05) is 54.6 Å². The molecule has 3 rings (SSSR count). The van der Waals surface area contributed by atoms with Gasteiger partial charge in [-0.2, -0.15) is 0 Å². The van der Waals surface area contributed by atoms with Crippen LogP contribution in [0.25, 0.3) is 0 Å². The standard InChI is InChI=1S/C18H17P/c1-4-10-16(11-5-1)19(17-12-6-2-7-13-17)18-14-8-3-9-15-18/h1-15H,19H2/i19D. The van der Waals surface area contributed by atoms with Crippen molar-refractivity contribution in [3.05, 3.63) is 91.0 Å². The molecule has 0 saturated heterocycles. The van der Waals surface area contributed by atoms with Crippen LogP contribution in [0.4, 0.5) is 0 Å². The molecule has 0 unspecified atom stereocenters. The maximum atomic E-state index is 9.28. The van der Waals surface area contributed by atoms with Crippen LogP contribution in [0.2, 0.25) is 0 Å². The first kappa shape index (κ1) is 11.0. The van der Waals surface area contributed by atoms with Crippen LogP contribution in [0.3, 0.4) is 0 Å². The van der Waals surface area contributed by atoms with Crippen molar-refractivity contribution in [2.45, 2.75) is 0 Å². The second kappa shape index (κ2) is 5.82. The van der Waals surface area contributed by atoms with Gasteiger partial charge < -0.3 is 0 Å². The van der Waals surface area contributed by atoms with Crippen LogP contribution < -0.4 is 15.9 Å². The summed E-state index contributed by atoms with van der Waals surface area (Å²) in [6, 6.07) is 30.7. The van der Waals surface area contributed by atoms with Crippen LogP contribution in [0.5, 0.6) is 0 Å². The summed E-state index contributed by atoms with van der Waals surface area (Å²) in [6.07, 6.45) is 0. The molecule has 0 radical (unpaired) electrons. The molecule has 0 aliphatic rings. The zero-order valence-electron chi connectivity index (χ0n) is 11.7. The molecule has 0 aromatic heterocycles. The maximum absolute atomic E-state index is 9.28. The van der Waals surface area contributed by atoms with Gasteiger partial charge in [0.2, 0.25) is 0 Å². The summed E-state index contributed by atoms with van der Waals surface area (Å²) in [5.74, 6) is 0. The molecule has 0 fully saturated rings. The number of benzene rings is 3. The fourth-order valence-corrected chi connectivity index (χ4v) is 4.89. The van der Waals surface area contributed by atoms with Gasteiger partial charge in [0.1, 0.15) is 0 Å². The van der Waals surface area contributed by atoms with Crippen molar-refractivity contribution in [2.75, 3.05) is 0 Å². The quantitative estimate of drug-likeness (QED) is 0.639. The van der Waals surface area contributed by atoms with E-state index in [0.717, 1.165) is 15.9 Å². The van der Waals surface area contributed by atoms with E-state index in [1.165, 1.54) is 0 Å². The molecule has 19 heavy (non-hydrogen) atoms. The fraction of sp³-hybridized carbons (Fsp3) is 0. The third kappa shape index (κ3) is 2.75. The molecular weight excluding hydrogens is 247 g/mol. The average molecular weight is 265 g/mol. The second-order valence-electron chi connectivity index (χ2n) is 4.47. The summed E-state index contributed by atoms with van der Waals surface area (Å²) >= 11 is 0. The molecule has 0 heterocycles. The Bertz CT molecular complexity index is 569. The van der Waals surface area contributed by atoms with E-state index >= 15 is 0 Å². The van der Waals surface area contributed by atoms with Gasteiger partial charge in [-0.1, -0.05) is 0 Å². The van der Waals surface area contributed by atoms with Crippen molar-refractivity contribution in [1.82, 2.24) is 0 Å². The first-order valence-electron chi connectivity index (χ1n) is 6.98. The topological polar surface area (TPSA) is 0 Å². The summed E-state index contributed by atoms with van der Waals surface area (Å²) in [5.41, 5.74) is 0.